The van der Waals surface area contributed by atoms with Crippen molar-refractivity contribution in [3.63, 3.8) is 0 Å². The Hall–Kier alpha value is -3.88. The molecule has 2 unspecified atom stereocenters. The number of aldehydes is 1. The highest BCUT2D eigenvalue weighted by atomic mass is 16.2. The highest BCUT2D eigenvalue weighted by Crippen LogP contribution is 2.46. The minimum atomic E-state index is -0.640. The number of fused-ring (bicyclic) bond motifs is 3. The van der Waals surface area contributed by atoms with Gasteiger partial charge in [0, 0.05) is 30.0 Å². The van der Waals surface area contributed by atoms with Crippen molar-refractivity contribution in [2.75, 3.05) is 30.8 Å². The number of rotatable bonds is 11. The van der Waals surface area contributed by atoms with Gasteiger partial charge in [0.1, 0.15) is 12.1 Å². The van der Waals surface area contributed by atoms with Crippen molar-refractivity contribution in [1.82, 2.24) is 15.2 Å². The Morgan fingerprint density at radius 1 is 1.07 bits per heavy atom. The summed E-state index contributed by atoms with van der Waals surface area (Å²) in [5.41, 5.74) is 3.68. The molecule has 1 aromatic heterocycles. The van der Waals surface area contributed by atoms with Crippen LogP contribution in [0.4, 0.5) is 11.5 Å². The van der Waals surface area contributed by atoms with Gasteiger partial charge in [0.05, 0.1) is 17.5 Å². The summed E-state index contributed by atoms with van der Waals surface area (Å²) in [5.74, 6) is 0.495. The molecule has 2 amide bonds. The molecule has 8 nitrogen and oxygen atoms in total. The van der Waals surface area contributed by atoms with Crippen molar-refractivity contribution in [2.45, 2.75) is 70.4 Å². The van der Waals surface area contributed by atoms with Gasteiger partial charge in [-0.1, -0.05) is 70.2 Å². The van der Waals surface area contributed by atoms with Crippen LogP contribution < -0.4 is 16.0 Å². The summed E-state index contributed by atoms with van der Waals surface area (Å²) < 4.78 is 0. The number of carbonyl (C=O) groups excluding carboxylic acids is 3. The van der Waals surface area contributed by atoms with Gasteiger partial charge in [0.2, 0.25) is 11.8 Å². The molecular formula is C34H43N5O3. The Kier molecular flexibility index (Phi) is 9.91. The van der Waals surface area contributed by atoms with E-state index in [9.17, 15) is 14.4 Å². The van der Waals surface area contributed by atoms with E-state index in [0.717, 1.165) is 28.5 Å². The van der Waals surface area contributed by atoms with E-state index in [1.165, 1.54) is 0 Å². The average molecular weight is 570 g/mol. The van der Waals surface area contributed by atoms with E-state index in [4.69, 9.17) is 0 Å². The SMILES string of the molecule is CC.CCC(C=O)(CC)NCC(c1ccccc1)N(C)CC(=O)Nc1ccc2c(c1)CC1(C2)C(=O)Nc2ncccc21. The topological polar surface area (TPSA) is 103 Å². The molecule has 5 rings (SSSR count). The standard InChI is InChI=1S/C32H37N5O3.C2H6/c1-4-31(5-2,21-38)34-19-27(22-10-7-6-8-11-22)37(3)20-28(39)35-25-14-13-23-17-32(18-24(23)16-25)26-12-9-15-33-29(26)36-30(32)40;1-2/h6-16,21,27,34H,4-5,17-20H2,1-3H3,(H,35,39)(H,33,36,40);1-2H3. The summed E-state index contributed by atoms with van der Waals surface area (Å²) in [6.45, 7) is 8.73. The van der Waals surface area contributed by atoms with E-state index in [-0.39, 0.29) is 24.4 Å². The lowest BCUT2D eigenvalue weighted by atomic mass is 9.79. The molecule has 222 valence electrons. The second kappa shape index (κ2) is 13.4. The number of hydrogen-bond acceptors (Lipinski definition) is 6. The van der Waals surface area contributed by atoms with Crippen molar-refractivity contribution < 1.29 is 14.4 Å². The number of anilines is 2. The van der Waals surface area contributed by atoms with Crippen LogP contribution in [0.1, 0.15) is 68.8 Å². The van der Waals surface area contributed by atoms with Crippen molar-refractivity contribution in [3.05, 3.63) is 89.1 Å². The van der Waals surface area contributed by atoms with E-state index < -0.39 is 11.0 Å². The number of nitrogens with zero attached hydrogens (tertiary/aromatic N) is 2. The average Bonchev–Trinajstić information content (AvgIpc) is 3.53. The molecular weight excluding hydrogens is 526 g/mol. The molecule has 2 aromatic carbocycles. The molecule has 0 fully saturated rings. The third-order valence-corrected chi connectivity index (χ3v) is 8.71. The van der Waals surface area contributed by atoms with Crippen LogP contribution in [0.3, 0.4) is 0 Å². The first-order chi connectivity index (χ1) is 20.3. The predicted molar refractivity (Wildman–Crippen MR) is 168 cm³/mol. The highest BCUT2D eigenvalue weighted by Gasteiger charge is 2.51. The largest absolute Gasteiger partial charge is 0.325 e. The quantitative estimate of drug-likeness (QED) is 0.279. The van der Waals surface area contributed by atoms with Gasteiger partial charge in [-0.2, -0.15) is 0 Å². The van der Waals surface area contributed by atoms with Crippen LogP contribution >= 0.6 is 0 Å². The van der Waals surface area contributed by atoms with Gasteiger partial charge in [-0.05, 0) is 67.6 Å². The fourth-order valence-corrected chi connectivity index (χ4v) is 6.09. The summed E-state index contributed by atoms with van der Waals surface area (Å²) in [6.07, 6.45) is 5.28. The van der Waals surface area contributed by atoms with Gasteiger partial charge in [-0.25, -0.2) is 4.98 Å². The summed E-state index contributed by atoms with van der Waals surface area (Å²) in [5, 5.41) is 9.46. The van der Waals surface area contributed by atoms with E-state index in [0.29, 0.717) is 43.7 Å². The zero-order valence-corrected chi connectivity index (χ0v) is 25.4. The maximum Gasteiger partial charge on any atom is 0.238 e. The van der Waals surface area contributed by atoms with Crippen molar-refractivity contribution in [3.8, 4) is 0 Å². The van der Waals surface area contributed by atoms with Gasteiger partial charge in [-0.3, -0.25) is 14.5 Å². The van der Waals surface area contributed by atoms with Crippen LogP contribution in [0.25, 0.3) is 0 Å². The smallest absolute Gasteiger partial charge is 0.238 e. The number of amides is 2. The van der Waals surface area contributed by atoms with Gasteiger partial charge in [0.15, 0.2) is 0 Å². The zero-order chi connectivity index (χ0) is 30.3. The maximum absolute atomic E-state index is 13.2. The van der Waals surface area contributed by atoms with Gasteiger partial charge in [-0.15, -0.1) is 0 Å². The van der Waals surface area contributed by atoms with Gasteiger partial charge >= 0.3 is 0 Å². The van der Waals surface area contributed by atoms with Gasteiger partial charge < -0.3 is 20.7 Å². The molecule has 3 N–H and O–H groups in total. The Morgan fingerprint density at radius 3 is 2.48 bits per heavy atom. The molecule has 0 saturated carbocycles. The first-order valence-corrected chi connectivity index (χ1v) is 15.0. The van der Waals surface area contributed by atoms with E-state index >= 15 is 0 Å². The molecule has 1 aliphatic carbocycles. The number of pyridine rings is 1. The normalized spacial score (nSPS) is 17.6. The Balaban J connectivity index is 0.00000198. The second-order valence-corrected chi connectivity index (χ2v) is 11.0. The summed E-state index contributed by atoms with van der Waals surface area (Å²) in [6, 6.07) is 19.7. The van der Waals surface area contributed by atoms with E-state index in [1.807, 2.05) is 100 Å². The van der Waals surface area contributed by atoms with E-state index in [1.54, 1.807) is 6.20 Å². The minimum absolute atomic E-state index is 0.0186. The Morgan fingerprint density at radius 2 is 1.79 bits per heavy atom. The second-order valence-electron chi connectivity index (χ2n) is 11.0. The van der Waals surface area contributed by atoms with Crippen molar-refractivity contribution in [2.24, 2.45) is 0 Å². The lowest BCUT2D eigenvalue weighted by Crippen LogP contribution is -2.49. The predicted octanol–water partition coefficient (Wildman–Crippen LogP) is 5.06. The monoisotopic (exact) mass is 569 g/mol. The van der Waals surface area contributed by atoms with Crippen molar-refractivity contribution in [1.29, 1.82) is 0 Å². The molecule has 0 bridgehead atoms. The fraction of sp³-hybridized carbons (Fsp3) is 0.412. The fourth-order valence-electron chi connectivity index (χ4n) is 6.09. The van der Waals surface area contributed by atoms with Crippen LogP contribution in [-0.4, -0.2) is 53.7 Å². The number of carbonyl (C=O) groups is 3. The maximum atomic E-state index is 13.2. The third kappa shape index (κ3) is 6.15. The highest BCUT2D eigenvalue weighted by molar-refractivity contribution is 6.06. The zero-order valence-electron chi connectivity index (χ0n) is 25.4. The Labute approximate surface area is 249 Å². The molecule has 2 atom stereocenters. The molecule has 42 heavy (non-hydrogen) atoms. The molecule has 2 aliphatic rings. The molecule has 0 saturated heterocycles. The van der Waals surface area contributed by atoms with Crippen LogP contribution in [-0.2, 0) is 32.6 Å². The van der Waals surface area contributed by atoms with Crippen molar-refractivity contribution >= 4 is 29.6 Å². The number of likely N-dealkylation sites (N-methyl/N-ethyl adjacent to an activating group) is 1. The van der Waals surface area contributed by atoms with Crippen LogP contribution in [0.15, 0.2) is 66.9 Å². The minimum Gasteiger partial charge on any atom is -0.325 e. The molecule has 1 spiro atoms. The molecule has 8 heteroatoms. The van der Waals surface area contributed by atoms with Crippen LogP contribution in [0.2, 0.25) is 0 Å². The van der Waals surface area contributed by atoms with Gasteiger partial charge in [0.25, 0.3) is 0 Å². The third-order valence-electron chi connectivity index (χ3n) is 8.71. The summed E-state index contributed by atoms with van der Waals surface area (Å²) >= 11 is 0. The first-order valence-electron chi connectivity index (χ1n) is 15.0. The van der Waals surface area contributed by atoms with E-state index in [2.05, 4.69) is 20.9 Å². The lowest BCUT2D eigenvalue weighted by Gasteiger charge is -2.33. The van der Waals surface area contributed by atoms with Crippen LogP contribution in [0, 0.1) is 0 Å². The number of benzene rings is 2. The number of hydrogen-bond donors (Lipinski definition) is 3. The molecule has 1 aliphatic heterocycles. The molecule has 3 aromatic rings. The molecule has 0 radical (unpaired) electrons. The summed E-state index contributed by atoms with van der Waals surface area (Å²) in [7, 11) is 1.93. The Bertz CT molecular complexity index is 1410. The number of aromatic nitrogens is 1. The lowest BCUT2D eigenvalue weighted by molar-refractivity contribution is -0.120. The first kappa shape index (κ1) is 31.1. The summed E-state index contributed by atoms with van der Waals surface area (Å²) in [4.78, 5) is 44.4. The number of nitrogens with one attached hydrogen (secondary N) is 3. The van der Waals surface area contributed by atoms with Crippen LogP contribution in [0.5, 0.6) is 0 Å². The molecule has 2 heterocycles.